The molecule has 1 aliphatic heterocycles. The van der Waals surface area contributed by atoms with Gasteiger partial charge in [-0.2, -0.15) is 5.26 Å². The molecule has 21 heteroatoms. The van der Waals surface area contributed by atoms with Gasteiger partial charge in [-0.1, -0.05) is 70.8 Å². The Morgan fingerprint density at radius 3 is 1.21 bits per heavy atom. The SMILES string of the molecule is C=CC(=O)OCC[C@@H](C)COC(=O)C1CCC(C(=O)OC2CCC(C(=O)Oc3ccc(OC(=O)C4CCC(OC(=O)C5CCC(C(=O)OC[C@@H](C)CCOC(=O)C=C)CC5)CC4)c4c3S/C(=C(/C#N)C(=O)OC[C@H](C)CC)S4)CC2)CC1. The molecule has 0 aromatic heterocycles. The first-order chi connectivity index (χ1) is 39.4. The zero-order chi connectivity index (χ0) is 59.3. The number of hydrogen-bond donors (Lipinski definition) is 0. The van der Waals surface area contributed by atoms with E-state index in [-0.39, 0.29) is 132 Å². The van der Waals surface area contributed by atoms with E-state index in [0.717, 1.165) is 42.1 Å². The Kier molecular flexibility index (Phi) is 25.9. The number of fused-ring (bicyclic) bond motifs is 1. The molecule has 0 bridgehead atoms. The van der Waals surface area contributed by atoms with E-state index in [1.807, 2.05) is 33.8 Å². The van der Waals surface area contributed by atoms with Crippen molar-refractivity contribution in [2.24, 2.45) is 53.3 Å². The Bertz CT molecular complexity index is 2390. The van der Waals surface area contributed by atoms with Gasteiger partial charge in [-0.05, 0) is 145 Å². The van der Waals surface area contributed by atoms with E-state index >= 15 is 0 Å². The van der Waals surface area contributed by atoms with Gasteiger partial charge >= 0.3 is 53.7 Å². The zero-order valence-corrected chi connectivity index (χ0v) is 49.3. The third-order valence-electron chi connectivity index (χ3n) is 16.0. The number of thioether (sulfide) groups is 2. The van der Waals surface area contributed by atoms with Gasteiger partial charge in [0.05, 0.1) is 82.6 Å². The minimum absolute atomic E-state index is 0.000793. The quantitative estimate of drug-likeness (QED) is 0.0274. The number of nitriles is 1. The van der Waals surface area contributed by atoms with Crippen LogP contribution in [0.15, 0.2) is 57.0 Å². The number of rotatable bonds is 26. The van der Waals surface area contributed by atoms with E-state index in [1.165, 1.54) is 12.1 Å². The Balaban J connectivity index is 0.973. The molecule has 4 saturated carbocycles. The molecule has 6 rings (SSSR count). The summed E-state index contributed by atoms with van der Waals surface area (Å²) < 4.78 is 50.8. The maximum Gasteiger partial charge on any atom is 0.350 e. The fraction of sp³-hybridized carbons (Fsp3) is 0.639. The van der Waals surface area contributed by atoms with Crippen LogP contribution in [0.3, 0.4) is 0 Å². The number of ether oxygens (including phenoxy) is 9. The summed E-state index contributed by atoms with van der Waals surface area (Å²) >= 11 is 2.10. The highest BCUT2D eigenvalue weighted by molar-refractivity contribution is 8.24. The highest BCUT2D eigenvalue weighted by Gasteiger charge is 2.39. The molecular formula is C61H79NO18S2. The van der Waals surface area contributed by atoms with Crippen molar-refractivity contribution < 1.29 is 85.8 Å². The summed E-state index contributed by atoms with van der Waals surface area (Å²) in [5.41, 5.74) is -0.233. The van der Waals surface area contributed by atoms with E-state index in [0.29, 0.717) is 125 Å². The maximum absolute atomic E-state index is 13.8. The van der Waals surface area contributed by atoms with Gasteiger partial charge in [0, 0.05) is 12.2 Å². The van der Waals surface area contributed by atoms with Gasteiger partial charge < -0.3 is 42.6 Å². The lowest BCUT2D eigenvalue weighted by Crippen LogP contribution is -2.33. The summed E-state index contributed by atoms with van der Waals surface area (Å²) in [5.74, 6) is -5.98. The van der Waals surface area contributed by atoms with E-state index in [2.05, 4.69) is 13.2 Å². The Labute approximate surface area is 489 Å². The molecular weight excluding hydrogens is 1100 g/mol. The van der Waals surface area contributed by atoms with Crippen molar-refractivity contribution in [1.82, 2.24) is 0 Å². The molecule has 448 valence electrons. The average Bonchev–Trinajstić information content (AvgIpc) is 4.12. The van der Waals surface area contributed by atoms with Gasteiger partial charge in [-0.15, -0.1) is 0 Å². The van der Waals surface area contributed by atoms with E-state index in [1.54, 1.807) is 0 Å². The highest BCUT2D eigenvalue weighted by Crippen LogP contribution is 2.59. The van der Waals surface area contributed by atoms with Crippen molar-refractivity contribution >= 4 is 77.2 Å². The summed E-state index contributed by atoms with van der Waals surface area (Å²) in [6, 6.07) is 5.04. The van der Waals surface area contributed by atoms with Gasteiger partial charge in [0.2, 0.25) is 0 Å². The van der Waals surface area contributed by atoms with Gasteiger partial charge in [0.1, 0.15) is 29.8 Å². The van der Waals surface area contributed by atoms with Crippen molar-refractivity contribution in [2.75, 3.05) is 33.0 Å². The van der Waals surface area contributed by atoms with Crippen LogP contribution in [-0.4, -0.2) is 99.0 Å². The van der Waals surface area contributed by atoms with Crippen LogP contribution in [0.4, 0.5) is 0 Å². The van der Waals surface area contributed by atoms with Crippen LogP contribution in [0.25, 0.3) is 0 Å². The van der Waals surface area contributed by atoms with Crippen LogP contribution >= 0.6 is 23.5 Å². The van der Waals surface area contributed by atoms with Crippen molar-refractivity contribution in [3.05, 3.63) is 47.3 Å². The lowest BCUT2D eigenvalue weighted by atomic mass is 9.82. The van der Waals surface area contributed by atoms with Crippen molar-refractivity contribution in [3.63, 3.8) is 0 Å². The summed E-state index contributed by atoms with van der Waals surface area (Å²) in [6.07, 6.45) is 10.6. The molecule has 3 atom stereocenters. The monoisotopic (exact) mass is 1180 g/mol. The van der Waals surface area contributed by atoms with Gasteiger partial charge in [0.15, 0.2) is 5.57 Å². The zero-order valence-electron chi connectivity index (χ0n) is 47.7. The molecule has 0 amide bonds. The molecule has 1 heterocycles. The number of esters is 9. The molecule has 0 saturated heterocycles. The van der Waals surface area contributed by atoms with Gasteiger partial charge in [-0.25, -0.2) is 14.4 Å². The molecule has 0 N–H and O–H groups in total. The molecule has 0 spiro atoms. The maximum atomic E-state index is 13.8. The van der Waals surface area contributed by atoms with E-state index < -0.39 is 41.7 Å². The van der Waals surface area contributed by atoms with E-state index in [4.69, 9.17) is 42.6 Å². The molecule has 19 nitrogen and oxygen atoms in total. The first-order valence-electron chi connectivity index (χ1n) is 29.0. The van der Waals surface area contributed by atoms with Crippen molar-refractivity contribution in [1.29, 1.82) is 5.26 Å². The summed E-state index contributed by atoms with van der Waals surface area (Å²) in [5, 5.41) is 10.2. The van der Waals surface area contributed by atoms with Crippen molar-refractivity contribution in [3.8, 4) is 17.6 Å². The Morgan fingerprint density at radius 2 is 0.854 bits per heavy atom. The standard InChI is InChI=1S/C61H79NO18S2/c1-7-36(4)33-76-60(71)47(32-62)61-81-52-48(79-58(69)43-18-22-45(23-19-43)77-56(67)41-14-10-39(11-15-41)54(65)74-34-37(5)28-30-72-50(63)8-2)26-27-49(53(52)82-61)80-59(70)44-20-24-46(25-21-44)78-57(68)42-16-12-40(13-17-42)55(66)75-35-38(6)29-31-73-51(64)9-3/h8-9,26-27,36-46H,2-3,7,10-25,28-31,33-35H2,1,4-6H3/b61-47-/t36-,37+,38-,39?,40?,41?,42?,43?,44?,45?,46?/m1/s1. The molecule has 4 fully saturated rings. The molecule has 0 unspecified atom stereocenters. The molecule has 1 aromatic carbocycles. The van der Waals surface area contributed by atoms with Crippen LogP contribution < -0.4 is 9.47 Å². The van der Waals surface area contributed by atoms with Gasteiger partial charge in [0.25, 0.3) is 0 Å². The fourth-order valence-electron chi connectivity index (χ4n) is 10.3. The third kappa shape index (κ3) is 19.5. The summed E-state index contributed by atoms with van der Waals surface area (Å²) in [4.78, 5) is 116. The minimum atomic E-state index is -0.799. The number of carbonyl (C=O) groups is 9. The smallest absolute Gasteiger partial charge is 0.350 e. The Hall–Kier alpha value is -6.14. The Morgan fingerprint density at radius 1 is 0.512 bits per heavy atom. The average molecular weight is 1180 g/mol. The molecule has 4 aliphatic carbocycles. The second kappa shape index (κ2) is 32.6. The fourth-order valence-corrected chi connectivity index (χ4v) is 12.9. The number of nitrogens with zero attached hydrogens (tertiary/aromatic N) is 1. The lowest BCUT2D eigenvalue weighted by molar-refractivity contribution is -0.161. The normalized spacial score (nSPS) is 24.9. The number of carbonyl (C=O) groups excluding carboxylic acids is 9. The second-order valence-electron chi connectivity index (χ2n) is 22.4. The molecule has 1 aromatic rings. The van der Waals surface area contributed by atoms with Crippen molar-refractivity contribution in [2.45, 2.75) is 172 Å². The lowest BCUT2D eigenvalue weighted by Gasteiger charge is -2.30. The first kappa shape index (κ1) is 65.0. The predicted octanol–water partition coefficient (Wildman–Crippen LogP) is 10.4. The largest absolute Gasteiger partial charge is 0.465 e. The summed E-state index contributed by atoms with van der Waals surface area (Å²) in [6.45, 7) is 15.4. The van der Waals surface area contributed by atoms with Crippen LogP contribution in [0.1, 0.15) is 150 Å². The van der Waals surface area contributed by atoms with Crippen LogP contribution in [-0.2, 0) is 76.3 Å². The second-order valence-corrected chi connectivity index (χ2v) is 24.7. The molecule has 5 aliphatic rings. The van der Waals surface area contributed by atoms with Crippen LogP contribution in [0.5, 0.6) is 11.5 Å². The summed E-state index contributed by atoms with van der Waals surface area (Å²) in [7, 11) is 0. The van der Waals surface area contributed by atoms with Gasteiger partial charge in [-0.3, -0.25) is 28.8 Å². The van der Waals surface area contributed by atoms with Crippen LogP contribution in [0, 0.1) is 64.6 Å². The predicted molar refractivity (Wildman–Crippen MR) is 299 cm³/mol. The van der Waals surface area contributed by atoms with E-state index in [9.17, 15) is 48.4 Å². The number of hydrogen-bond acceptors (Lipinski definition) is 21. The minimum Gasteiger partial charge on any atom is -0.465 e. The molecule has 0 radical (unpaired) electrons. The first-order valence-corrected chi connectivity index (χ1v) is 30.6. The van der Waals surface area contributed by atoms with Crippen LogP contribution in [0.2, 0.25) is 0 Å². The molecule has 82 heavy (non-hydrogen) atoms. The number of benzene rings is 1. The topological polar surface area (TPSA) is 260 Å². The highest BCUT2D eigenvalue weighted by atomic mass is 32.2. The third-order valence-corrected chi connectivity index (χ3v) is 18.6.